The zero-order chi connectivity index (χ0) is 64.8. The molecule has 20 heteroatoms. The summed E-state index contributed by atoms with van der Waals surface area (Å²) in [5.41, 5.74) is 15.5. The average Bonchev–Trinajstić information content (AvgIpc) is 0.886. The molecule has 0 spiro atoms. The van der Waals surface area contributed by atoms with Crippen molar-refractivity contribution in [1.82, 2.24) is 69.8 Å². The number of aromatic nitrogens is 14. The van der Waals surface area contributed by atoms with Crippen LogP contribution in [-0.4, -0.2) is 105 Å². The Morgan fingerprint density at radius 1 is 0.295 bits per heavy atom. The zero-order valence-electron chi connectivity index (χ0n) is 52.4. The fourth-order valence-corrected chi connectivity index (χ4v) is 10.8. The highest BCUT2D eigenvalue weighted by molar-refractivity contribution is 5.88. The van der Waals surface area contributed by atoms with E-state index in [2.05, 4.69) is 141 Å². The second-order valence-corrected chi connectivity index (χ2v) is 22.7. The van der Waals surface area contributed by atoms with E-state index in [1.165, 1.54) is 29.3 Å². The van der Waals surface area contributed by atoms with E-state index >= 15 is 0 Å². The highest BCUT2D eigenvalue weighted by Crippen LogP contribution is 2.27. The summed E-state index contributed by atoms with van der Waals surface area (Å²) in [5, 5.41) is 40.2. The van der Waals surface area contributed by atoms with Crippen LogP contribution in [0.1, 0.15) is 87.1 Å². The molecule has 0 fully saturated rings. The number of anilines is 3. The lowest BCUT2D eigenvalue weighted by molar-refractivity contribution is 0.287. The van der Waals surface area contributed by atoms with Gasteiger partial charge in [-0.25, -0.2) is 44.9 Å². The van der Waals surface area contributed by atoms with E-state index < -0.39 is 0 Å². The van der Waals surface area contributed by atoms with Gasteiger partial charge >= 0.3 is 0 Å². The minimum atomic E-state index is 0.103. The maximum atomic E-state index is 9.26. The third-order valence-corrected chi connectivity index (χ3v) is 15.5. The molecular weight excluding hydrogens is 1190 g/mol. The second kappa shape index (κ2) is 32.3. The number of nitrogens with zero attached hydrogens (tertiary/aromatic N) is 14. The molecule has 0 unspecified atom stereocenters. The second-order valence-electron chi connectivity index (χ2n) is 22.7. The number of hydrogen-bond donors (Lipinski definition) is 6. The third kappa shape index (κ3) is 17.6. The van der Waals surface area contributed by atoms with Crippen molar-refractivity contribution >= 4 is 72.4 Å². The highest BCUT2D eigenvalue weighted by Gasteiger charge is 2.16. The van der Waals surface area contributed by atoms with Crippen molar-refractivity contribution in [3.05, 3.63) is 281 Å². The quantitative estimate of drug-likeness (QED) is 0.0328. The summed E-state index contributed by atoms with van der Waals surface area (Å²) in [6, 6.07) is 57.4. The topological polar surface area (TPSA) is 277 Å². The first-order chi connectivity index (χ1) is 46.9. The van der Waals surface area contributed by atoms with Crippen LogP contribution < -0.4 is 16.0 Å². The predicted molar refractivity (Wildman–Crippen MR) is 371 cm³/mol. The number of benzene rings is 5. The number of aliphatic hydroxyl groups excluding tert-OH is 3. The van der Waals surface area contributed by atoms with E-state index in [0.29, 0.717) is 99.2 Å². The number of rotatable bonds is 24. The molecule has 474 valence electrons. The van der Waals surface area contributed by atoms with Gasteiger partial charge in [0, 0.05) is 113 Å². The Labute approximate surface area is 549 Å². The van der Waals surface area contributed by atoms with E-state index in [9.17, 15) is 10.2 Å². The van der Waals surface area contributed by atoms with Gasteiger partial charge in [0.2, 0.25) is 0 Å². The summed E-state index contributed by atoms with van der Waals surface area (Å²) in [7, 11) is 0. The molecule has 9 aromatic heterocycles. The van der Waals surface area contributed by atoms with Crippen molar-refractivity contribution < 1.29 is 15.3 Å². The predicted octanol–water partition coefficient (Wildman–Crippen LogP) is 11.7. The normalized spacial score (nSPS) is 11.1. The minimum Gasteiger partial charge on any atom is -0.396 e. The van der Waals surface area contributed by atoms with Crippen LogP contribution in [0.25, 0.3) is 54.9 Å². The lowest BCUT2D eigenvalue weighted by Crippen LogP contribution is -2.07. The Kier molecular flexibility index (Phi) is 21.7. The van der Waals surface area contributed by atoms with Crippen molar-refractivity contribution in [2.75, 3.05) is 35.8 Å². The zero-order valence-corrected chi connectivity index (χ0v) is 52.4. The maximum absolute atomic E-state index is 9.26. The van der Waals surface area contributed by atoms with Crippen molar-refractivity contribution in [2.24, 2.45) is 0 Å². The Morgan fingerprint density at radius 2 is 0.684 bits per heavy atom. The van der Waals surface area contributed by atoms with Gasteiger partial charge in [0.25, 0.3) is 0 Å². The SMILES string of the molecule is OCCCc1nc(NCc2ccccc2)c2ncc(Cc3ccc4ncccc4c3)cc2n1.OCCCc1nc(NCc2ccccc2)c2ncc(Cc3cnc4ccccc4c3)cc2n1.OCCCc1nc(NCc2ccccc2)c2ncc(Cc3ncncn3)cc2n1. The number of para-hydroxylation sites is 1. The van der Waals surface area contributed by atoms with E-state index in [-0.39, 0.29) is 19.8 Å². The summed E-state index contributed by atoms with van der Waals surface area (Å²) in [6.45, 7) is 2.27. The molecule has 0 amide bonds. The molecular formula is C75H71N17O3. The first-order valence-corrected chi connectivity index (χ1v) is 31.8. The molecule has 0 aliphatic carbocycles. The fourth-order valence-electron chi connectivity index (χ4n) is 10.8. The fraction of sp³-hybridized carbons (Fsp3) is 0.200. The van der Waals surface area contributed by atoms with Gasteiger partial charge in [-0.05, 0) is 119 Å². The van der Waals surface area contributed by atoms with Crippen LogP contribution in [0.15, 0.2) is 213 Å². The molecule has 14 rings (SSSR count). The van der Waals surface area contributed by atoms with Crippen LogP contribution in [0.3, 0.4) is 0 Å². The van der Waals surface area contributed by atoms with Gasteiger partial charge in [0.15, 0.2) is 17.5 Å². The first-order valence-electron chi connectivity index (χ1n) is 31.8. The third-order valence-electron chi connectivity index (χ3n) is 15.5. The van der Waals surface area contributed by atoms with E-state index in [4.69, 9.17) is 35.0 Å². The molecule has 0 atom stereocenters. The summed E-state index contributed by atoms with van der Waals surface area (Å²) in [4.78, 5) is 63.4. The van der Waals surface area contributed by atoms with Crippen LogP contribution in [0.4, 0.5) is 17.5 Å². The summed E-state index contributed by atoms with van der Waals surface area (Å²) in [6.07, 6.45) is 18.0. The van der Waals surface area contributed by atoms with E-state index in [1.54, 1.807) is 6.20 Å². The van der Waals surface area contributed by atoms with Crippen molar-refractivity contribution in [1.29, 1.82) is 0 Å². The standard InChI is InChI=1S/2C27H25N5O.C21H21N7O/c33-13-5-9-25-31-24-16-21(14-20-10-11-23-22(15-20)8-4-12-28-23)18-29-26(24)27(32-25)30-17-19-6-2-1-3-7-19;33-12-6-11-25-31-24-15-21(13-20-14-22-9-4-5-10-23(22)28-17-20)18-29-26(24)27(32-25)30-16-19-7-2-1-3-8-19;29-8-4-7-18-27-17-9-16(10-19-25-13-22-14-26-19)12-23-20(17)21(28-18)24-11-15-5-2-1-3-6-15/h1-4,6-8,10-12,15-16,18,33H,5,9,13-14,17H2,(H,30,31,32);1-5,7-10,14-15,17-18,33H,6,11-13,16H2,(H,30,31,32);1-3,5-6,9,12-14,29H,4,7-8,10-11H2,(H,24,27,28). The smallest absolute Gasteiger partial charge is 0.156 e. The Morgan fingerprint density at radius 3 is 1.16 bits per heavy atom. The molecule has 0 bridgehead atoms. The monoisotopic (exact) mass is 1260 g/mol. The van der Waals surface area contributed by atoms with Crippen LogP contribution in [-0.2, 0) is 58.2 Å². The number of pyridine rings is 5. The molecule has 14 aromatic rings. The molecule has 9 heterocycles. The summed E-state index contributed by atoms with van der Waals surface area (Å²) < 4.78 is 0. The van der Waals surface area contributed by atoms with Gasteiger partial charge in [-0.3, -0.25) is 24.9 Å². The molecule has 20 nitrogen and oxygen atoms in total. The minimum absolute atomic E-state index is 0.103. The lowest BCUT2D eigenvalue weighted by atomic mass is 10.0. The summed E-state index contributed by atoms with van der Waals surface area (Å²) in [5.74, 6) is 4.91. The number of aryl methyl sites for hydroxylation is 3. The molecule has 95 heavy (non-hydrogen) atoms. The molecule has 5 aromatic carbocycles. The Bertz CT molecular complexity index is 4600. The van der Waals surface area contributed by atoms with Crippen LogP contribution in [0.2, 0.25) is 0 Å². The van der Waals surface area contributed by atoms with Crippen molar-refractivity contribution in [3.8, 4) is 0 Å². The number of aliphatic hydroxyl groups is 3. The number of nitrogens with one attached hydrogen (secondary N) is 3. The molecule has 0 aliphatic rings. The van der Waals surface area contributed by atoms with Gasteiger partial charge in [-0.2, -0.15) is 0 Å². The van der Waals surface area contributed by atoms with Crippen molar-refractivity contribution in [2.45, 2.75) is 77.4 Å². The molecule has 0 saturated heterocycles. The maximum Gasteiger partial charge on any atom is 0.156 e. The first kappa shape index (κ1) is 63.8. The van der Waals surface area contributed by atoms with E-state index in [1.807, 2.05) is 110 Å². The molecule has 6 N–H and O–H groups in total. The van der Waals surface area contributed by atoms with Gasteiger partial charge in [0.1, 0.15) is 52.5 Å². The molecule has 0 radical (unpaired) electrons. The van der Waals surface area contributed by atoms with Gasteiger partial charge < -0.3 is 31.3 Å². The van der Waals surface area contributed by atoms with E-state index in [0.717, 1.165) is 102 Å². The Hall–Kier alpha value is -11.3. The molecule has 0 aliphatic heterocycles. The number of fused-ring (bicyclic) bond motifs is 5. The molecule has 0 saturated carbocycles. The van der Waals surface area contributed by atoms with Crippen LogP contribution >= 0.6 is 0 Å². The summed E-state index contributed by atoms with van der Waals surface area (Å²) >= 11 is 0. The van der Waals surface area contributed by atoms with Gasteiger partial charge in [-0.15, -0.1) is 0 Å². The van der Waals surface area contributed by atoms with Crippen molar-refractivity contribution in [3.63, 3.8) is 0 Å². The van der Waals surface area contributed by atoms with Crippen LogP contribution in [0.5, 0.6) is 0 Å². The van der Waals surface area contributed by atoms with Crippen LogP contribution in [0, 0.1) is 0 Å². The number of hydrogen-bond acceptors (Lipinski definition) is 20. The average molecular weight is 1260 g/mol. The highest BCUT2D eigenvalue weighted by atomic mass is 16.3. The van der Waals surface area contributed by atoms with Gasteiger partial charge in [0.05, 0.1) is 27.6 Å². The van der Waals surface area contributed by atoms with Gasteiger partial charge in [-0.1, -0.05) is 121 Å². The largest absolute Gasteiger partial charge is 0.396 e. The lowest BCUT2D eigenvalue weighted by Gasteiger charge is -2.11. The Balaban J connectivity index is 0.000000137.